The Hall–Kier alpha value is 0.360. The molecule has 0 fully saturated rings. The van der Waals surface area contributed by atoms with Crippen LogP contribution in [0.4, 0.5) is 0 Å². The van der Waals surface area contributed by atoms with Crippen LogP contribution in [-0.2, 0) is 0 Å². The Kier molecular flexibility index (Phi) is 4.44. The minimum absolute atomic E-state index is 0.300. The van der Waals surface area contributed by atoms with Gasteiger partial charge in [0.2, 0.25) is 0 Å². The first-order chi connectivity index (χ1) is 4.56. The van der Waals surface area contributed by atoms with Gasteiger partial charge < -0.3 is 0 Å². The smallest absolute Gasteiger partial charge is 0.263 e. The average Bonchev–Trinajstić information content (AvgIpc) is 1.88. The summed E-state index contributed by atoms with van der Waals surface area (Å²) in [6.07, 6.45) is 1.35. The summed E-state index contributed by atoms with van der Waals surface area (Å²) in [7, 11) is 0. The van der Waals surface area contributed by atoms with Gasteiger partial charge in [-0.05, 0) is 6.42 Å². The van der Waals surface area contributed by atoms with Crippen molar-refractivity contribution in [3.63, 3.8) is 0 Å². The second kappa shape index (κ2) is 4.28. The molecule has 1 unspecified atom stereocenters. The molecule has 0 heterocycles. The minimum atomic E-state index is -0.957. The summed E-state index contributed by atoms with van der Waals surface area (Å²) in [5.74, 6) is 0. The molecule has 0 N–H and O–H groups in total. The quantitative estimate of drug-likeness (QED) is 0.342. The maximum absolute atomic E-state index is 10.4. The fourth-order valence-electron chi connectivity index (χ4n) is 0.590. The fraction of sp³-hybridized carbons (Fsp3) is 1.00. The first kappa shape index (κ1) is 10.4. The van der Waals surface area contributed by atoms with E-state index in [1.807, 2.05) is 6.92 Å². The monoisotopic (exact) mass is 273 g/mol. The Morgan fingerprint density at radius 2 is 2.20 bits per heavy atom. The number of nitro groups is 1. The van der Waals surface area contributed by atoms with Crippen molar-refractivity contribution < 1.29 is 4.92 Å². The third-order valence-electron chi connectivity index (χ3n) is 1.17. The van der Waals surface area contributed by atoms with Crippen molar-refractivity contribution >= 4 is 31.9 Å². The highest BCUT2D eigenvalue weighted by Crippen LogP contribution is 2.26. The first-order valence-corrected chi connectivity index (χ1v) is 4.87. The minimum Gasteiger partial charge on any atom is -0.263 e. The molecular weight excluding hydrogens is 266 g/mol. The van der Waals surface area contributed by atoms with Crippen molar-refractivity contribution in [3.8, 4) is 0 Å². The molecule has 0 aliphatic heterocycles. The van der Waals surface area contributed by atoms with Crippen LogP contribution in [0.1, 0.15) is 19.8 Å². The predicted octanol–water partition coefficient (Wildman–Crippen LogP) is 2.55. The zero-order valence-corrected chi connectivity index (χ0v) is 8.81. The second-order valence-electron chi connectivity index (χ2n) is 2.06. The molecule has 0 amide bonds. The topological polar surface area (TPSA) is 43.1 Å². The molecule has 3 nitrogen and oxygen atoms in total. The first-order valence-electron chi connectivity index (χ1n) is 2.96. The molecule has 0 aromatic carbocycles. The standard InChI is InChI=1S/C5H9Br2NO2/c1-2-3-5(7,4-6)8(9)10/h2-4H2,1H3. The molecule has 60 valence electrons. The molecule has 0 spiro atoms. The van der Waals surface area contributed by atoms with Gasteiger partial charge in [0.15, 0.2) is 0 Å². The van der Waals surface area contributed by atoms with Gasteiger partial charge in [0.1, 0.15) is 0 Å². The summed E-state index contributed by atoms with van der Waals surface area (Å²) in [5.41, 5.74) is 0. The van der Waals surface area contributed by atoms with Gasteiger partial charge in [0.05, 0.1) is 5.33 Å². The lowest BCUT2D eigenvalue weighted by molar-refractivity contribution is -0.529. The van der Waals surface area contributed by atoms with Crippen molar-refractivity contribution in [3.05, 3.63) is 10.1 Å². The SMILES string of the molecule is CCCC(Br)(CBr)[N+](=O)[O-]. The van der Waals surface area contributed by atoms with Gasteiger partial charge in [0.25, 0.3) is 4.45 Å². The van der Waals surface area contributed by atoms with E-state index < -0.39 is 4.45 Å². The highest BCUT2D eigenvalue weighted by Gasteiger charge is 2.36. The van der Waals surface area contributed by atoms with Crippen molar-refractivity contribution in [1.29, 1.82) is 0 Å². The van der Waals surface area contributed by atoms with Crippen LogP contribution in [-0.4, -0.2) is 14.7 Å². The lowest BCUT2D eigenvalue weighted by Crippen LogP contribution is -2.32. The number of nitrogens with zero attached hydrogens (tertiary/aromatic N) is 1. The van der Waals surface area contributed by atoms with E-state index in [1.54, 1.807) is 0 Å². The maximum atomic E-state index is 10.4. The second-order valence-corrected chi connectivity index (χ2v) is 4.10. The van der Waals surface area contributed by atoms with Crippen LogP contribution in [0.3, 0.4) is 0 Å². The van der Waals surface area contributed by atoms with Crippen molar-refractivity contribution in [2.75, 3.05) is 5.33 Å². The molecule has 1 atom stereocenters. The number of alkyl halides is 2. The molecule has 5 heteroatoms. The van der Waals surface area contributed by atoms with Crippen LogP contribution in [0.5, 0.6) is 0 Å². The summed E-state index contributed by atoms with van der Waals surface area (Å²) in [6, 6.07) is 0. The lowest BCUT2D eigenvalue weighted by atomic mass is 10.2. The molecule has 0 bridgehead atoms. The molecule has 10 heavy (non-hydrogen) atoms. The largest absolute Gasteiger partial charge is 0.284 e. The van der Waals surface area contributed by atoms with E-state index in [0.29, 0.717) is 11.8 Å². The van der Waals surface area contributed by atoms with Crippen LogP contribution in [0.25, 0.3) is 0 Å². The molecule has 0 aromatic rings. The van der Waals surface area contributed by atoms with E-state index in [1.165, 1.54) is 0 Å². The summed E-state index contributed by atoms with van der Waals surface area (Å²) < 4.78 is -0.957. The van der Waals surface area contributed by atoms with Gasteiger partial charge in [-0.3, -0.25) is 10.1 Å². The van der Waals surface area contributed by atoms with Crippen LogP contribution in [0.15, 0.2) is 0 Å². The highest BCUT2D eigenvalue weighted by atomic mass is 79.9. The van der Waals surface area contributed by atoms with Gasteiger partial charge in [-0.15, -0.1) is 0 Å². The maximum Gasteiger partial charge on any atom is 0.284 e. The summed E-state index contributed by atoms with van der Waals surface area (Å²) >= 11 is 6.15. The van der Waals surface area contributed by atoms with Gasteiger partial charge in [-0.2, -0.15) is 0 Å². The van der Waals surface area contributed by atoms with E-state index in [-0.39, 0.29) is 4.92 Å². The third kappa shape index (κ3) is 2.54. The molecule has 0 saturated carbocycles. The lowest BCUT2D eigenvalue weighted by Gasteiger charge is -2.14. The van der Waals surface area contributed by atoms with Crippen molar-refractivity contribution in [1.82, 2.24) is 0 Å². The summed E-state index contributed by atoms with van der Waals surface area (Å²) in [5, 5.41) is 10.7. The number of hydrogen-bond donors (Lipinski definition) is 0. The van der Waals surface area contributed by atoms with Gasteiger partial charge in [-0.25, -0.2) is 0 Å². The van der Waals surface area contributed by atoms with Gasteiger partial charge >= 0.3 is 0 Å². The third-order valence-corrected chi connectivity index (χ3v) is 3.81. The Labute approximate surface area is 76.6 Å². The van der Waals surface area contributed by atoms with Gasteiger partial charge in [0, 0.05) is 27.3 Å². The fourth-order valence-corrected chi connectivity index (χ4v) is 1.47. The number of hydrogen-bond acceptors (Lipinski definition) is 2. The molecule has 0 aliphatic carbocycles. The Bertz CT molecular complexity index is 131. The number of halogens is 2. The molecule has 0 aliphatic rings. The van der Waals surface area contributed by atoms with E-state index >= 15 is 0 Å². The molecular formula is C5H9Br2NO2. The normalized spacial score (nSPS) is 16.3. The van der Waals surface area contributed by atoms with Crippen molar-refractivity contribution in [2.45, 2.75) is 24.2 Å². The van der Waals surface area contributed by atoms with Crippen LogP contribution >= 0.6 is 31.9 Å². The number of rotatable bonds is 4. The molecule has 0 aromatic heterocycles. The summed E-state index contributed by atoms with van der Waals surface area (Å²) in [4.78, 5) is 10.1. The van der Waals surface area contributed by atoms with Gasteiger partial charge in [-0.1, -0.05) is 22.9 Å². The van der Waals surface area contributed by atoms with Crippen LogP contribution < -0.4 is 0 Å². The van der Waals surface area contributed by atoms with E-state index in [9.17, 15) is 10.1 Å². The Balaban J connectivity index is 4.08. The Morgan fingerprint density at radius 3 is 2.30 bits per heavy atom. The average molecular weight is 275 g/mol. The highest BCUT2D eigenvalue weighted by molar-refractivity contribution is 9.12. The van der Waals surface area contributed by atoms with Crippen LogP contribution in [0, 0.1) is 10.1 Å². The molecule has 0 radical (unpaired) electrons. The van der Waals surface area contributed by atoms with Crippen molar-refractivity contribution in [2.24, 2.45) is 0 Å². The predicted molar refractivity (Wildman–Crippen MR) is 47.4 cm³/mol. The zero-order valence-electron chi connectivity index (χ0n) is 5.64. The molecule has 0 rings (SSSR count). The molecule has 0 saturated heterocycles. The van der Waals surface area contributed by atoms with E-state index in [2.05, 4.69) is 31.9 Å². The van der Waals surface area contributed by atoms with E-state index in [0.717, 1.165) is 6.42 Å². The zero-order chi connectivity index (χ0) is 8.20. The van der Waals surface area contributed by atoms with Crippen LogP contribution in [0.2, 0.25) is 0 Å². The van der Waals surface area contributed by atoms with E-state index in [4.69, 9.17) is 0 Å². The summed E-state index contributed by atoms with van der Waals surface area (Å²) in [6.45, 7) is 1.92. The Morgan fingerprint density at radius 1 is 1.70 bits per heavy atom.